The van der Waals surface area contributed by atoms with Crippen LogP contribution in [0.3, 0.4) is 0 Å². The monoisotopic (exact) mass is 258 g/mol. The van der Waals surface area contributed by atoms with Gasteiger partial charge in [0.05, 0.1) is 11.4 Å². The maximum atomic E-state index is 11.9. The van der Waals surface area contributed by atoms with E-state index in [0.29, 0.717) is 6.04 Å². The number of carbonyl (C=O) groups excluding carboxylic acids is 1. The highest BCUT2D eigenvalue weighted by molar-refractivity contribution is 5.89. The van der Waals surface area contributed by atoms with Crippen LogP contribution < -0.4 is 10.6 Å². The van der Waals surface area contributed by atoms with Gasteiger partial charge in [-0.3, -0.25) is 0 Å². The number of urea groups is 1. The molecule has 0 spiro atoms. The number of nitrogens with one attached hydrogen (secondary N) is 2. The first-order valence-corrected chi connectivity index (χ1v) is 6.73. The van der Waals surface area contributed by atoms with Crippen molar-refractivity contribution in [1.82, 2.24) is 14.7 Å². The summed E-state index contributed by atoms with van der Waals surface area (Å²) in [6.07, 6.45) is 8.43. The molecule has 2 N–H and O–H groups in total. The zero-order valence-electron chi connectivity index (χ0n) is 11.0. The van der Waals surface area contributed by atoms with Gasteiger partial charge in [-0.05, 0) is 31.9 Å². The van der Waals surface area contributed by atoms with Crippen LogP contribution in [-0.2, 0) is 0 Å². The van der Waals surface area contributed by atoms with Crippen molar-refractivity contribution in [3.05, 3.63) is 30.2 Å². The molecule has 19 heavy (non-hydrogen) atoms. The van der Waals surface area contributed by atoms with Gasteiger partial charge in [-0.1, -0.05) is 12.8 Å². The molecule has 5 heteroatoms. The van der Waals surface area contributed by atoms with Gasteiger partial charge in [0.2, 0.25) is 0 Å². The lowest BCUT2D eigenvalue weighted by molar-refractivity contribution is 0.248. The molecule has 0 atom stereocenters. The van der Waals surface area contributed by atoms with E-state index in [9.17, 15) is 4.79 Å². The molecule has 2 aromatic rings. The maximum absolute atomic E-state index is 11.9. The quantitative estimate of drug-likeness (QED) is 0.870. The van der Waals surface area contributed by atoms with Gasteiger partial charge >= 0.3 is 6.03 Å². The molecule has 2 amide bonds. The first-order valence-electron chi connectivity index (χ1n) is 6.73. The van der Waals surface area contributed by atoms with Crippen molar-refractivity contribution in [3.8, 4) is 0 Å². The van der Waals surface area contributed by atoms with Gasteiger partial charge in [0, 0.05) is 18.4 Å². The van der Waals surface area contributed by atoms with E-state index in [0.717, 1.165) is 29.9 Å². The van der Waals surface area contributed by atoms with E-state index in [1.54, 1.807) is 0 Å². The van der Waals surface area contributed by atoms with Crippen molar-refractivity contribution in [3.63, 3.8) is 0 Å². The average molecular weight is 258 g/mol. The molecule has 0 radical (unpaired) electrons. The lowest BCUT2D eigenvalue weighted by Crippen LogP contribution is -2.36. The van der Waals surface area contributed by atoms with Crippen LogP contribution in [0.25, 0.3) is 5.65 Å². The Morgan fingerprint density at radius 1 is 1.32 bits per heavy atom. The number of aryl methyl sites for hydroxylation is 1. The number of anilines is 1. The number of amides is 2. The van der Waals surface area contributed by atoms with Gasteiger partial charge in [-0.25, -0.2) is 9.78 Å². The summed E-state index contributed by atoms with van der Waals surface area (Å²) < 4.78 is 1.92. The zero-order chi connectivity index (χ0) is 13.2. The number of pyridine rings is 1. The van der Waals surface area contributed by atoms with Crippen LogP contribution in [0.15, 0.2) is 24.5 Å². The molecular formula is C14H18N4O. The lowest BCUT2D eigenvalue weighted by atomic mass is 10.2. The van der Waals surface area contributed by atoms with Crippen molar-refractivity contribution in [2.45, 2.75) is 38.6 Å². The van der Waals surface area contributed by atoms with E-state index >= 15 is 0 Å². The highest BCUT2D eigenvalue weighted by atomic mass is 16.2. The summed E-state index contributed by atoms with van der Waals surface area (Å²) in [4.78, 5) is 16.2. The van der Waals surface area contributed by atoms with Gasteiger partial charge < -0.3 is 15.0 Å². The van der Waals surface area contributed by atoms with E-state index in [1.807, 2.05) is 35.9 Å². The topological polar surface area (TPSA) is 58.4 Å². The highest BCUT2D eigenvalue weighted by Crippen LogP contribution is 2.18. The van der Waals surface area contributed by atoms with E-state index in [1.165, 1.54) is 12.8 Å². The molecule has 0 unspecified atom stereocenters. The molecule has 0 aromatic carbocycles. The number of hydrogen-bond acceptors (Lipinski definition) is 2. The standard InChI is InChI=1S/C14H18N4O/c1-10-8-18-9-12(6-7-13(18)15-10)17-14(19)16-11-4-2-3-5-11/h6-9,11H,2-5H2,1H3,(H2,16,17,19). The minimum atomic E-state index is -0.122. The number of fused-ring (bicyclic) bond motifs is 1. The molecule has 1 fully saturated rings. The largest absolute Gasteiger partial charge is 0.335 e. The van der Waals surface area contributed by atoms with Crippen molar-refractivity contribution >= 4 is 17.4 Å². The van der Waals surface area contributed by atoms with Crippen LogP contribution in [0.4, 0.5) is 10.5 Å². The number of carbonyl (C=O) groups is 1. The van der Waals surface area contributed by atoms with E-state index < -0.39 is 0 Å². The predicted octanol–water partition coefficient (Wildman–Crippen LogP) is 2.71. The summed E-state index contributed by atoms with van der Waals surface area (Å²) in [6, 6.07) is 3.98. The van der Waals surface area contributed by atoms with Crippen molar-refractivity contribution in [1.29, 1.82) is 0 Å². The molecule has 2 aromatic heterocycles. The van der Waals surface area contributed by atoms with Crippen LogP contribution in [0.5, 0.6) is 0 Å². The number of rotatable bonds is 2. The molecule has 0 saturated heterocycles. The molecular weight excluding hydrogens is 240 g/mol. The Balaban J connectivity index is 1.68. The number of nitrogens with zero attached hydrogens (tertiary/aromatic N) is 2. The highest BCUT2D eigenvalue weighted by Gasteiger charge is 2.16. The maximum Gasteiger partial charge on any atom is 0.319 e. The molecule has 1 aliphatic rings. The van der Waals surface area contributed by atoms with Crippen LogP contribution in [-0.4, -0.2) is 21.5 Å². The third-order valence-corrected chi connectivity index (χ3v) is 3.52. The molecule has 100 valence electrons. The first kappa shape index (κ1) is 12.0. The van der Waals surface area contributed by atoms with Crippen LogP contribution in [0, 0.1) is 6.92 Å². The van der Waals surface area contributed by atoms with Gasteiger partial charge in [-0.2, -0.15) is 0 Å². The van der Waals surface area contributed by atoms with E-state index in [2.05, 4.69) is 15.6 Å². The van der Waals surface area contributed by atoms with Crippen molar-refractivity contribution in [2.75, 3.05) is 5.32 Å². The molecule has 1 saturated carbocycles. The third-order valence-electron chi connectivity index (χ3n) is 3.52. The SMILES string of the molecule is Cc1cn2cc(NC(=O)NC3CCCC3)ccc2n1. The van der Waals surface area contributed by atoms with Crippen LogP contribution >= 0.6 is 0 Å². The van der Waals surface area contributed by atoms with Crippen molar-refractivity contribution < 1.29 is 4.79 Å². The summed E-state index contributed by atoms with van der Waals surface area (Å²) in [5.74, 6) is 0. The fraction of sp³-hybridized carbons (Fsp3) is 0.429. The summed E-state index contributed by atoms with van der Waals surface area (Å²) in [7, 11) is 0. The molecule has 0 bridgehead atoms. The second-order valence-electron chi connectivity index (χ2n) is 5.15. The predicted molar refractivity (Wildman–Crippen MR) is 74.3 cm³/mol. The second-order valence-corrected chi connectivity index (χ2v) is 5.15. The Kier molecular flexibility index (Phi) is 3.11. The molecule has 2 heterocycles. The van der Waals surface area contributed by atoms with Gasteiger partial charge in [0.25, 0.3) is 0 Å². The Hall–Kier alpha value is -2.04. The van der Waals surface area contributed by atoms with E-state index in [4.69, 9.17) is 0 Å². The number of hydrogen-bond donors (Lipinski definition) is 2. The minimum Gasteiger partial charge on any atom is -0.335 e. The third kappa shape index (κ3) is 2.70. The van der Waals surface area contributed by atoms with Crippen LogP contribution in [0.2, 0.25) is 0 Å². The minimum absolute atomic E-state index is 0.122. The summed E-state index contributed by atoms with van der Waals surface area (Å²) in [6.45, 7) is 1.95. The number of aromatic nitrogens is 2. The summed E-state index contributed by atoms with van der Waals surface area (Å²) >= 11 is 0. The Labute approximate surface area is 112 Å². The Morgan fingerprint density at radius 2 is 2.11 bits per heavy atom. The Bertz CT molecular complexity index is 599. The van der Waals surface area contributed by atoms with Crippen molar-refractivity contribution in [2.24, 2.45) is 0 Å². The normalized spacial score (nSPS) is 15.8. The fourth-order valence-corrected chi connectivity index (χ4v) is 2.62. The van der Waals surface area contributed by atoms with Gasteiger partial charge in [0.1, 0.15) is 5.65 Å². The van der Waals surface area contributed by atoms with Gasteiger partial charge in [0.15, 0.2) is 0 Å². The molecule has 3 rings (SSSR count). The fourth-order valence-electron chi connectivity index (χ4n) is 2.62. The molecule has 5 nitrogen and oxygen atoms in total. The molecule has 0 aliphatic heterocycles. The zero-order valence-corrected chi connectivity index (χ0v) is 11.0. The van der Waals surface area contributed by atoms with Gasteiger partial charge in [-0.15, -0.1) is 0 Å². The summed E-state index contributed by atoms with van der Waals surface area (Å²) in [5.41, 5.74) is 2.63. The first-order chi connectivity index (χ1) is 9.20. The van der Waals surface area contributed by atoms with Crippen LogP contribution in [0.1, 0.15) is 31.4 Å². The molecule has 1 aliphatic carbocycles. The van der Waals surface area contributed by atoms with E-state index in [-0.39, 0.29) is 6.03 Å². The lowest BCUT2D eigenvalue weighted by Gasteiger charge is -2.13. The summed E-state index contributed by atoms with van der Waals surface area (Å²) in [5, 5.41) is 5.88. The smallest absolute Gasteiger partial charge is 0.319 e. The Morgan fingerprint density at radius 3 is 2.89 bits per heavy atom. The second kappa shape index (κ2) is 4.91. The average Bonchev–Trinajstić information content (AvgIpc) is 2.96. The number of imidazole rings is 1.